The Hall–Kier alpha value is -4.52. The van der Waals surface area contributed by atoms with Gasteiger partial charge in [0.2, 0.25) is 10.0 Å². The van der Waals surface area contributed by atoms with Crippen LogP contribution < -0.4 is 10.9 Å². The largest absolute Gasteiger partial charge is 0.444 e. The first kappa shape index (κ1) is 34.0. The summed E-state index contributed by atoms with van der Waals surface area (Å²) in [4.78, 5) is 67.8. The van der Waals surface area contributed by atoms with Crippen LogP contribution in [0, 0.1) is 32.6 Å². The number of nitrogens with zero attached hydrogens (tertiary/aromatic N) is 4. The minimum Gasteiger partial charge on any atom is -0.444 e. The molecular formula is C25H33N5O13S. The summed E-state index contributed by atoms with van der Waals surface area (Å²) >= 11 is 0. The van der Waals surface area contributed by atoms with Crippen molar-refractivity contribution < 1.29 is 47.3 Å². The van der Waals surface area contributed by atoms with E-state index in [9.17, 15) is 43.0 Å². The minimum atomic E-state index is -4.12. The highest BCUT2D eigenvalue weighted by Crippen LogP contribution is 2.29. The van der Waals surface area contributed by atoms with Crippen LogP contribution in [0.4, 0.5) is 4.79 Å². The van der Waals surface area contributed by atoms with Gasteiger partial charge in [0.15, 0.2) is 6.73 Å². The van der Waals surface area contributed by atoms with Gasteiger partial charge in [-0.15, -0.1) is 20.2 Å². The van der Waals surface area contributed by atoms with E-state index in [1.165, 1.54) is 28.7 Å². The molecule has 44 heavy (non-hydrogen) atoms. The van der Waals surface area contributed by atoms with Gasteiger partial charge >= 0.3 is 12.1 Å². The van der Waals surface area contributed by atoms with E-state index in [0.717, 1.165) is 11.5 Å². The molecule has 0 unspecified atom stereocenters. The van der Waals surface area contributed by atoms with Crippen molar-refractivity contribution in [3.63, 3.8) is 0 Å². The molecule has 1 atom stereocenters. The lowest BCUT2D eigenvalue weighted by Gasteiger charge is -2.25. The lowest BCUT2D eigenvalue weighted by atomic mass is 9.93. The monoisotopic (exact) mass is 643 g/mol. The molecule has 1 fully saturated rings. The fraction of sp³-hybridized carbons (Fsp3) is 0.560. The molecule has 1 saturated heterocycles. The molecule has 0 radical (unpaired) electrons. The van der Waals surface area contributed by atoms with Crippen LogP contribution in [0.15, 0.2) is 34.1 Å². The summed E-state index contributed by atoms with van der Waals surface area (Å²) in [6.45, 7) is 5.30. The van der Waals surface area contributed by atoms with Crippen LogP contribution in [0.1, 0.15) is 39.7 Å². The van der Waals surface area contributed by atoms with E-state index in [1.807, 2.05) is 0 Å². The highest BCUT2D eigenvalue weighted by molar-refractivity contribution is 7.89. The molecule has 1 aromatic heterocycles. The third kappa shape index (κ3) is 8.10. The van der Waals surface area contributed by atoms with Gasteiger partial charge < -0.3 is 24.5 Å². The number of aromatic nitrogens is 1. The van der Waals surface area contributed by atoms with E-state index in [4.69, 9.17) is 9.47 Å². The predicted molar refractivity (Wildman–Crippen MR) is 150 cm³/mol. The summed E-state index contributed by atoms with van der Waals surface area (Å²) in [6.07, 6.45) is 0.949. The van der Waals surface area contributed by atoms with Gasteiger partial charge in [-0.25, -0.2) is 13.2 Å². The van der Waals surface area contributed by atoms with Crippen molar-refractivity contribution >= 4 is 32.9 Å². The van der Waals surface area contributed by atoms with Gasteiger partial charge in [-0.1, -0.05) is 6.07 Å². The molecule has 18 nitrogen and oxygen atoms in total. The summed E-state index contributed by atoms with van der Waals surface area (Å²) in [5.74, 6) is -1.19. The second-order valence-corrected chi connectivity index (χ2v) is 13.3. The molecule has 1 aliphatic heterocycles. The lowest BCUT2D eigenvalue weighted by molar-refractivity contribution is -0.770. The molecule has 3 rings (SSSR count). The number of carbonyl (C=O) groups is 2. The summed E-state index contributed by atoms with van der Waals surface area (Å²) < 4.78 is 39.9. The number of ether oxygens (including phenoxy) is 2. The van der Waals surface area contributed by atoms with Crippen LogP contribution in [0.5, 0.6) is 0 Å². The Labute approximate surface area is 251 Å². The number of pyridine rings is 1. The first-order chi connectivity index (χ1) is 20.3. The number of amides is 1. The second kappa shape index (κ2) is 13.0. The highest BCUT2D eigenvalue weighted by atomic mass is 32.2. The Morgan fingerprint density at radius 2 is 1.70 bits per heavy atom. The SMILES string of the molecule is Cc1cn(COC(=O)C(C)(CO[N+](=O)[O-])CO[N+](=O)[O-])c(=O)c2cccc(S(=O)(=O)N3CC[C@H](NC(=O)OC(C)(C)C)C3)c12. The fourth-order valence-corrected chi connectivity index (χ4v) is 6.25. The van der Waals surface area contributed by atoms with Crippen LogP contribution in [0.2, 0.25) is 0 Å². The molecule has 19 heteroatoms. The maximum atomic E-state index is 13.7. The third-order valence-electron chi connectivity index (χ3n) is 6.56. The predicted octanol–water partition coefficient (Wildman–Crippen LogP) is 1.52. The Bertz CT molecular complexity index is 1600. The number of rotatable bonds is 12. The zero-order valence-electron chi connectivity index (χ0n) is 24.6. The van der Waals surface area contributed by atoms with Crippen LogP contribution in [0.3, 0.4) is 0 Å². The number of carbonyl (C=O) groups excluding carboxylic acids is 2. The number of aryl methyl sites for hydroxylation is 1. The van der Waals surface area contributed by atoms with E-state index in [-0.39, 0.29) is 28.8 Å². The van der Waals surface area contributed by atoms with Gasteiger partial charge in [0.1, 0.15) is 24.2 Å². The van der Waals surface area contributed by atoms with E-state index < -0.39 is 74.8 Å². The van der Waals surface area contributed by atoms with Crippen molar-refractivity contribution in [1.29, 1.82) is 0 Å². The summed E-state index contributed by atoms with van der Waals surface area (Å²) in [5, 5.41) is 21.7. The average Bonchev–Trinajstić information content (AvgIpc) is 3.39. The van der Waals surface area contributed by atoms with Crippen molar-refractivity contribution in [3.05, 3.63) is 60.5 Å². The highest BCUT2D eigenvalue weighted by Gasteiger charge is 2.39. The van der Waals surface area contributed by atoms with Crippen LogP contribution in [-0.4, -0.2) is 77.5 Å². The van der Waals surface area contributed by atoms with Gasteiger partial charge in [0.25, 0.3) is 15.7 Å². The van der Waals surface area contributed by atoms with Gasteiger partial charge in [0.05, 0.1) is 4.90 Å². The lowest BCUT2D eigenvalue weighted by Crippen LogP contribution is -2.41. The molecule has 0 saturated carbocycles. The number of benzene rings is 1. The Kier molecular flexibility index (Phi) is 10.0. The first-order valence-electron chi connectivity index (χ1n) is 13.2. The van der Waals surface area contributed by atoms with Gasteiger partial charge in [-0.3, -0.25) is 14.2 Å². The van der Waals surface area contributed by atoms with E-state index in [0.29, 0.717) is 12.0 Å². The molecule has 242 valence electrons. The van der Waals surface area contributed by atoms with E-state index >= 15 is 0 Å². The van der Waals surface area contributed by atoms with Crippen LogP contribution >= 0.6 is 0 Å². The number of sulfonamides is 1. The number of nitrogens with one attached hydrogen (secondary N) is 1. The van der Waals surface area contributed by atoms with Crippen LogP contribution in [0.25, 0.3) is 10.8 Å². The zero-order valence-corrected chi connectivity index (χ0v) is 25.5. The summed E-state index contributed by atoms with van der Waals surface area (Å²) in [6, 6.07) is 3.66. The van der Waals surface area contributed by atoms with E-state index in [2.05, 4.69) is 15.0 Å². The molecule has 0 bridgehead atoms. The van der Waals surface area contributed by atoms with Gasteiger partial charge in [0, 0.05) is 36.1 Å². The molecule has 0 aliphatic carbocycles. The smallest absolute Gasteiger partial charge is 0.407 e. The standard InChI is InChI=1S/C25H33N5O13S/c1-16-11-27(15-40-22(32)25(5,13-41-29(34)35)14-42-30(36)37)21(31)18-7-6-8-19(20(16)18)44(38,39)28-10-9-17(12-28)26-23(33)43-24(2,3)4/h6-8,11,17H,9-10,12-15H2,1-5H3,(H,26,33)/t17-/m0/s1. The zero-order chi connectivity index (χ0) is 33.0. The number of hydrogen-bond acceptors (Lipinski definition) is 13. The normalized spacial score (nSPS) is 15.9. The maximum Gasteiger partial charge on any atom is 0.407 e. The Balaban J connectivity index is 1.84. The Morgan fingerprint density at radius 3 is 2.27 bits per heavy atom. The van der Waals surface area contributed by atoms with E-state index in [1.54, 1.807) is 27.7 Å². The minimum absolute atomic E-state index is 0.000817. The summed E-state index contributed by atoms with van der Waals surface area (Å²) in [7, 11) is -4.12. The number of fused-ring (bicyclic) bond motifs is 1. The quantitative estimate of drug-likeness (QED) is 0.197. The molecule has 0 spiro atoms. The van der Waals surface area contributed by atoms with Crippen molar-refractivity contribution in [2.45, 2.75) is 64.3 Å². The summed E-state index contributed by atoms with van der Waals surface area (Å²) in [5.41, 5.74) is -3.08. The molecule has 1 amide bonds. The fourth-order valence-electron chi connectivity index (χ4n) is 4.47. The maximum absolute atomic E-state index is 13.7. The van der Waals surface area contributed by atoms with Crippen LogP contribution in [-0.2, 0) is 40.7 Å². The molecule has 2 heterocycles. The average molecular weight is 644 g/mol. The number of esters is 1. The van der Waals surface area contributed by atoms with Crippen molar-refractivity contribution in [1.82, 2.24) is 14.2 Å². The van der Waals surface area contributed by atoms with Crippen molar-refractivity contribution in [2.24, 2.45) is 5.41 Å². The second-order valence-electron chi connectivity index (χ2n) is 11.4. The molecule has 1 aromatic carbocycles. The molecule has 1 aliphatic rings. The number of hydrogen-bond donors (Lipinski definition) is 1. The van der Waals surface area contributed by atoms with Crippen molar-refractivity contribution in [2.75, 3.05) is 26.3 Å². The first-order valence-corrected chi connectivity index (χ1v) is 14.6. The topological polar surface area (TPSA) is 229 Å². The van der Waals surface area contributed by atoms with Gasteiger partial charge in [-0.2, -0.15) is 4.31 Å². The molecule has 2 aromatic rings. The third-order valence-corrected chi connectivity index (χ3v) is 8.46. The molecule has 1 N–H and O–H groups in total. The number of alkyl carbamates (subject to hydrolysis) is 1. The van der Waals surface area contributed by atoms with Crippen molar-refractivity contribution in [3.8, 4) is 0 Å². The van der Waals surface area contributed by atoms with Gasteiger partial charge in [-0.05, 0) is 58.7 Å². The Morgan fingerprint density at radius 1 is 1.09 bits per heavy atom. The molecular weight excluding hydrogens is 610 g/mol.